The molecule has 0 bridgehead atoms. The van der Waals surface area contributed by atoms with E-state index >= 15 is 0 Å². The predicted molar refractivity (Wildman–Crippen MR) is 113 cm³/mol. The number of benzene rings is 1. The maximum absolute atomic E-state index is 13.2. The van der Waals surface area contributed by atoms with Crippen LogP contribution in [-0.4, -0.2) is 53.4 Å². The Labute approximate surface area is 171 Å². The molecule has 2 fully saturated rings. The first-order valence-corrected chi connectivity index (χ1v) is 11.2. The second kappa shape index (κ2) is 8.72. The third kappa shape index (κ3) is 4.29. The van der Waals surface area contributed by atoms with Crippen LogP contribution >= 0.6 is 11.3 Å². The molecular formula is C22H30N4OS. The fraction of sp³-hybridized carbons (Fsp3) is 0.545. The summed E-state index contributed by atoms with van der Waals surface area (Å²) in [6.45, 7) is 7.14. The van der Waals surface area contributed by atoms with Crippen LogP contribution in [0.25, 0.3) is 0 Å². The highest BCUT2D eigenvalue weighted by atomic mass is 32.1. The van der Waals surface area contributed by atoms with Gasteiger partial charge in [0.05, 0.1) is 10.7 Å². The molecule has 0 aliphatic carbocycles. The van der Waals surface area contributed by atoms with Gasteiger partial charge in [0.25, 0.3) is 0 Å². The third-order valence-corrected chi connectivity index (χ3v) is 7.09. The van der Waals surface area contributed by atoms with Crippen molar-refractivity contribution < 1.29 is 4.79 Å². The number of amides is 1. The summed E-state index contributed by atoms with van der Waals surface area (Å²) in [7, 11) is 0. The van der Waals surface area contributed by atoms with E-state index in [9.17, 15) is 4.79 Å². The molecule has 3 heterocycles. The standard InChI is InChI=1S/C22H30N4OS/c1-16-24-20(15-28-16)13-25-9-7-18(8-10-25)22(27)26-12-19(11-23)21(14-26)17-5-3-2-4-6-17/h2-6,15,18-19,21H,7-14,23H2,1H3/t19-,21+/m1/s1. The molecule has 0 unspecified atom stereocenters. The second-order valence-corrected chi connectivity index (χ2v) is 9.23. The smallest absolute Gasteiger partial charge is 0.225 e. The molecule has 0 radical (unpaired) electrons. The summed E-state index contributed by atoms with van der Waals surface area (Å²) < 4.78 is 0. The van der Waals surface area contributed by atoms with Gasteiger partial charge in [0.1, 0.15) is 0 Å². The molecule has 0 saturated carbocycles. The van der Waals surface area contributed by atoms with Gasteiger partial charge in [0.15, 0.2) is 0 Å². The molecule has 1 aromatic heterocycles. The molecule has 2 aliphatic rings. The zero-order valence-electron chi connectivity index (χ0n) is 16.6. The number of nitrogens with zero attached hydrogens (tertiary/aromatic N) is 3. The van der Waals surface area contributed by atoms with Gasteiger partial charge in [-0.15, -0.1) is 11.3 Å². The molecule has 2 atom stereocenters. The maximum atomic E-state index is 13.2. The summed E-state index contributed by atoms with van der Waals surface area (Å²) in [5.41, 5.74) is 8.51. The maximum Gasteiger partial charge on any atom is 0.225 e. The molecule has 1 aromatic carbocycles. The molecule has 2 saturated heterocycles. The Morgan fingerprint density at radius 2 is 1.96 bits per heavy atom. The highest BCUT2D eigenvalue weighted by Gasteiger charge is 2.38. The first kappa shape index (κ1) is 19.6. The lowest BCUT2D eigenvalue weighted by Gasteiger charge is -2.32. The predicted octanol–water partition coefficient (Wildman–Crippen LogP) is 2.86. The Kier molecular flexibility index (Phi) is 6.09. The average Bonchev–Trinajstić information content (AvgIpc) is 3.35. The van der Waals surface area contributed by atoms with E-state index in [1.807, 2.05) is 13.0 Å². The number of aromatic nitrogens is 1. The van der Waals surface area contributed by atoms with Crippen molar-refractivity contribution >= 4 is 17.2 Å². The largest absolute Gasteiger partial charge is 0.341 e. The van der Waals surface area contributed by atoms with Gasteiger partial charge in [0.2, 0.25) is 5.91 Å². The van der Waals surface area contributed by atoms with E-state index in [1.54, 1.807) is 11.3 Å². The molecule has 150 valence electrons. The van der Waals surface area contributed by atoms with E-state index in [0.29, 0.717) is 24.3 Å². The summed E-state index contributed by atoms with van der Waals surface area (Å²) in [6.07, 6.45) is 1.89. The minimum absolute atomic E-state index is 0.154. The molecule has 5 nitrogen and oxygen atoms in total. The lowest BCUT2D eigenvalue weighted by molar-refractivity contribution is -0.136. The zero-order chi connectivity index (χ0) is 19.5. The van der Waals surface area contributed by atoms with Crippen molar-refractivity contribution in [3.05, 3.63) is 52.0 Å². The number of nitrogens with two attached hydrogens (primary N) is 1. The van der Waals surface area contributed by atoms with E-state index in [0.717, 1.165) is 56.3 Å². The Morgan fingerprint density at radius 1 is 1.21 bits per heavy atom. The van der Waals surface area contributed by atoms with Gasteiger partial charge in [0, 0.05) is 36.9 Å². The van der Waals surface area contributed by atoms with Gasteiger partial charge < -0.3 is 10.6 Å². The monoisotopic (exact) mass is 398 g/mol. The number of hydrogen-bond donors (Lipinski definition) is 1. The second-order valence-electron chi connectivity index (χ2n) is 8.16. The Balaban J connectivity index is 1.32. The summed E-state index contributed by atoms with van der Waals surface area (Å²) in [5.74, 6) is 1.21. The van der Waals surface area contributed by atoms with Gasteiger partial charge in [-0.05, 0) is 50.9 Å². The van der Waals surface area contributed by atoms with Gasteiger partial charge in [-0.2, -0.15) is 0 Å². The van der Waals surface area contributed by atoms with Gasteiger partial charge >= 0.3 is 0 Å². The van der Waals surface area contributed by atoms with Crippen molar-refractivity contribution in [2.75, 3.05) is 32.7 Å². The average molecular weight is 399 g/mol. The number of carbonyl (C=O) groups is 1. The van der Waals surface area contributed by atoms with Crippen LogP contribution in [0.1, 0.15) is 35.0 Å². The number of thiazole rings is 1. The third-order valence-electron chi connectivity index (χ3n) is 6.27. The van der Waals surface area contributed by atoms with Gasteiger partial charge in [-0.3, -0.25) is 9.69 Å². The highest BCUT2D eigenvalue weighted by Crippen LogP contribution is 2.34. The first-order valence-electron chi connectivity index (χ1n) is 10.3. The molecule has 0 spiro atoms. The number of likely N-dealkylation sites (tertiary alicyclic amines) is 2. The van der Waals surface area contributed by atoms with Crippen LogP contribution in [-0.2, 0) is 11.3 Å². The van der Waals surface area contributed by atoms with Crippen LogP contribution in [0.4, 0.5) is 0 Å². The quantitative estimate of drug-likeness (QED) is 0.841. The van der Waals surface area contributed by atoms with Gasteiger partial charge in [-0.25, -0.2) is 4.98 Å². The fourth-order valence-electron chi connectivity index (χ4n) is 4.67. The van der Waals surface area contributed by atoms with Crippen LogP contribution in [0.5, 0.6) is 0 Å². The Morgan fingerprint density at radius 3 is 2.61 bits per heavy atom. The van der Waals surface area contributed by atoms with E-state index in [1.165, 1.54) is 5.56 Å². The molecule has 6 heteroatoms. The van der Waals surface area contributed by atoms with Crippen LogP contribution in [0.15, 0.2) is 35.7 Å². The molecular weight excluding hydrogens is 368 g/mol. The molecule has 1 amide bonds. The minimum Gasteiger partial charge on any atom is -0.341 e. The number of rotatable bonds is 5. The SMILES string of the molecule is Cc1nc(CN2CCC(C(=O)N3C[C@@H](CN)[C@H](c4ccccc4)C3)CC2)cs1. The molecule has 4 rings (SSSR count). The Hall–Kier alpha value is -1.76. The number of hydrogen-bond acceptors (Lipinski definition) is 5. The number of piperidine rings is 1. The normalized spacial score (nSPS) is 24.0. The van der Waals surface area contributed by atoms with Crippen molar-refractivity contribution in [3.63, 3.8) is 0 Å². The van der Waals surface area contributed by atoms with Crippen molar-refractivity contribution in [1.82, 2.24) is 14.8 Å². The van der Waals surface area contributed by atoms with Crippen molar-refractivity contribution in [1.29, 1.82) is 0 Å². The fourth-order valence-corrected chi connectivity index (χ4v) is 5.28. The number of carbonyl (C=O) groups excluding carboxylic acids is 1. The van der Waals surface area contributed by atoms with Crippen LogP contribution < -0.4 is 5.73 Å². The van der Waals surface area contributed by atoms with Crippen LogP contribution in [0.3, 0.4) is 0 Å². The summed E-state index contributed by atoms with van der Waals surface area (Å²) in [6, 6.07) is 10.5. The van der Waals surface area contributed by atoms with E-state index in [-0.39, 0.29) is 5.92 Å². The van der Waals surface area contributed by atoms with Crippen molar-refractivity contribution in [2.45, 2.75) is 32.2 Å². The van der Waals surface area contributed by atoms with Crippen molar-refractivity contribution in [3.8, 4) is 0 Å². The van der Waals surface area contributed by atoms with Crippen LogP contribution in [0.2, 0.25) is 0 Å². The lowest BCUT2D eigenvalue weighted by Crippen LogP contribution is -2.41. The summed E-state index contributed by atoms with van der Waals surface area (Å²) in [4.78, 5) is 22.2. The Bertz CT molecular complexity index is 785. The molecule has 2 N–H and O–H groups in total. The van der Waals surface area contributed by atoms with E-state index in [2.05, 4.69) is 44.4 Å². The highest BCUT2D eigenvalue weighted by molar-refractivity contribution is 7.09. The number of aryl methyl sites for hydroxylation is 1. The first-order chi connectivity index (χ1) is 13.6. The minimum atomic E-state index is 0.154. The summed E-state index contributed by atoms with van der Waals surface area (Å²) in [5, 5.41) is 3.27. The van der Waals surface area contributed by atoms with E-state index in [4.69, 9.17) is 5.73 Å². The molecule has 2 aliphatic heterocycles. The van der Waals surface area contributed by atoms with Crippen molar-refractivity contribution in [2.24, 2.45) is 17.6 Å². The molecule has 28 heavy (non-hydrogen) atoms. The topological polar surface area (TPSA) is 62.5 Å². The molecule has 2 aromatic rings. The van der Waals surface area contributed by atoms with Gasteiger partial charge in [-0.1, -0.05) is 30.3 Å². The summed E-state index contributed by atoms with van der Waals surface area (Å²) >= 11 is 1.71. The zero-order valence-corrected chi connectivity index (χ0v) is 17.4. The lowest BCUT2D eigenvalue weighted by atomic mass is 9.89. The van der Waals surface area contributed by atoms with E-state index < -0.39 is 0 Å². The van der Waals surface area contributed by atoms with Crippen LogP contribution in [0, 0.1) is 18.8 Å².